The summed E-state index contributed by atoms with van der Waals surface area (Å²) in [6.07, 6.45) is 5.62. The van der Waals surface area contributed by atoms with E-state index in [0.717, 1.165) is 28.3 Å². The number of alkyl halides is 1. The summed E-state index contributed by atoms with van der Waals surface area (Å²) in [6, 6.07) is 11.9. The standard InChI is InChI=1S/C16H14IN3O/c1-21-13-4-2-11(3-5-13)14-10-15(20-16(17)19-14)12-6-8-18-9-7-12/h2-10,16,19H,1H3. The predicted molar refractivity (Wildman–Crippen MR) is 92.7 cm³/mol. The molecule has 1 N–H and O–H groups in total. The highest BCUT2D eigenvalue weighted by Gasteiger charge is 2.15. The Hall–Kier alpha value is -1.89. The summed E-state index contributed by atoms with van der Waals surface area (Å²) in [5, 5.41) is 3.37. The number of aliphatic imine (C=N–C) groups is 1. The maximum absolute atomic E-state index is 5.20. The molecule has 21 heavy (non-hydrogen) atoms. The number of nitrogens with one attached hydrogen (secondary N) is 1. The highest BCUT2D eigenvalue weighted by Crippen LogP contribution is 2.22. The van der Waals surface area contributed by atoms with E-state index in [2.05, 4.69) is 44.0 Å². The smallest absolute Gasteiger partial charge is 0.171 e. The zero-order valence-corrected chi connectivity index (χ0v) is 13.6. The first-order valence-corrected chi connectivity index (χ1v) is 7.76. The third kappa shape index (κ3) is 3.24. The van der Waals surface area contributed by atoms with Crippen LogP contribution in [0, 0.1) is 0 Å². The van der Waals surface area contributed by atoms with Crippen LogP contribution in [0.25, 0.3) is 5.70 Å². The average Bonchev–Trinajstić information content (AvgIpc) is 2.55. The Morgan fingerprint density at radius 1 is 1.05 bits per heavy atom. The molecule has 1 atom stereocenters. The lowest BCUT2D eigenvalue weighted by molar-refractivity contribution is 0.415. The van der Waals surface area contributed by atoms with Gasteiger partial charge in [-0.2, -0.15) is 0 Å². The van der Waals surface area contributed by atoms with Gasteiger partial charge in [-0.25, -0.2) is 4.99 Å². The predicted octanol–water partition coefficient (Wildman–Crippen LogP) is 3.24. The van der Waals surface area contributed by atoms with Crippen LogP contribution >= 0.6 is 22.6 Å². The van der Waals surface area contributed by atoms with Crippen LogP contribution in [0.4, 0.5) is 0 Å². The number of ether oxygens (including phenoxy) is 1. The van der Waals surface area contributed by atoms with Gasteiger partial charge in [0.25, 0.3) is 0 Å². The minimum atomic E-state index is 0.00728. The van der Waals surface area contributed by atoms with Gasteiger partial charge in [-0.3, -0.25) is 4.98 Å². The molecule has 1 aromatic heterocycles. The van der Waals surface area contributed by atoms with Gasteiger partial charge in [0, 0.05) is 23.7 Å². The van der Waals surface area contributed by atoms with Gasteiger partial charge >= 0.3 is 0 Å². The van der Waals surface area contributed by atoms with Crippen LogP contribution in [-0.2, 0) is 0 Å². The van der Waals surface area contributed by atoms with E-state index in [1.165, 1.54) is 0 Å². The fourth-order valence-corrected chi connectivity index (χ4v) is 2.75. The lowest BCUT2D eigenvalue weighted by Crippen LogP contribution is -2.26. The molecule has 0 amide bonds. The molecule has 3 rings (SSSR count). The van der Waals surface area contributed by atoms with Crippen LogP contribution in [0.15, 0.2) is 59.9 Å². The molecule has 1 aliphatic heterocycles. The molecule has 0 radical (unpaired) electrons. The summed E-state index contributed by atoms with van der Waals surface area (Å²) >= 11 is 2.28. The van der Waals surface area contributed by atoms with Gasteiger partial charge in [0.15, 0.2) is 4.17 Å². The number of methoxy groups -OCH3 is 1. The fourth-order valence-electron chi connectivity index (χ4n) is 2.12. The molecule has 2 aromatic rings. The highest BCUT2D eigenvalue weighted by molar-refractivity contribution is 14.1. The molecule has 0 aliphatic carbocycles. The molecule has 1 aliphatic rings. The second-order valence-corrected chi connectivity index (χ2v) is 5.70. The zero-order chi connectivity index (χ0) is 14.7. The van der Waals surface area contributed by atoms with Crippen molar-refractivity contribution < 1.29 is 4.74 Å². The van der Waals surface area contributed by atoms with Crippen LogP contribution in [0.2, 0.25) is 0 Å². The van der Waals surface area contributed by atoms with Crippen LogP contribution in [0.3, 0.4) is 0 Å². The average molecular weight is 391 g/mol. The number of aromatic nitrogens is 1. The van der Waals surface area contributed by atoms with Crippen LogP contribution in [-0.4, -0.2) is 22.0 Å². The Morgan fingerprint density at radius 3 is 2.43 bits per heavy atom. The van der Waals surface area contributed by atoms with Gasteiger partial charge in [-0.15, -0.1) is 0 Å². The molecule has 0 saturated heterocycles. The van der Waals surface area contributed by atoms with Gasteiger partial charge < -0.3 is 10.1 Å². The second-order valence-electron chi connectivity index (χ2n) is 4.52. The summed E-state index contributed by atoms with van der Waals surface area (Å²) in [4.78, 5) is 8.67. The maximum Gasteiger partial charge on any atom is 0.171 e. The number of hydrogen-bond donors (Lipinski definition) is 1. The van der Waals surface area contributed by atoms with E-state index in [-0.39, 0.29) is 4.17 Å². The van der Waals surface area contributed by atoms with Gasteiger partial charge in [0.2, 0.25) is 0 Å². The van der Waals surface area contributed by atoms with Crippen molar-refractivity contribution in [2.75, 3.05) is 7.11 Å². The highest BCUT2D eigenvalue weighted by atomic mass is 127. The van der Waals surface area contributed by atoms with Crippen LogP contribution in [0.5, 0.6) is 5.75 Å². The molecule has 2 heterocycles. The molecule has 0 bridgehead atoms. The van der Waals surface area contributed by atoms with Crippen molar-refractivity contribution in [2.45, 2.75) is 4.17 Å². The van der Waals surface area contributed by atoms with Gasteiger partial charge in [-0.1, -0.05) is 0 Å². The number of rotatable bonds is 3. The minimum absolute atomic E-state index is 0.00728. The van der Waals surface area contributed by atoms with Crippen molar-refractivity contribution in [3.8, 4) is 5.75 Å². The van der Waals surface area contributed by atoms with Crippen LogP contribution < -0.4 is 10.1 Å². The van der Waals surface area contributed by atoms with E-state index in [9.17, 15) is 0 Å². The minimum Gasteiger partial charge on any atom is -0.497 e. The number of hydrogen-bond acceptors (Lipinski definition) is 4. The summed E-state index contributed by atoms with van der Waals surface area (Å²) in [5.41, 5.74) is 4.19. The first-order valence-electron chi connectivity index (χ1n) is 6.51. The SMILES string of the molecule is COc1ccc(C2=CC(c3ccncc3)=NC(I)N2)cc1. The van der Waals surface area contributed by atoms with E-state index in [0.29, 0.717) is 0 Å². The Kier molecular flexibility index (Phi) is 4.19. The Labute approximate surface area is 137 Å². The number of benzene rings is 1. The zero-order valence-electron chi connectivity index (χ0n) is 11.5. The van der Waals surface area contributed by atoms with E-state index < -0.39 is 0 Å². The Balaban J connectivity index is 1.95. The number of allylic oxidation sites excluding steroid dienone is 1. The van der Waals surface area contributed by atoms with Gasteiger partial charge in [0.1, 0.15) is 5.75 Å². The number of halogens is 1. The number of pyridine rings is 1. The topological polar surface area (TPSA) is 46.5 Å². The van der Waals surface area contributed by atoms with Crippen molar-refractivity contribution in [1.29, 1.82) is 0 Å². The fraction of sp³-hybridized carbons (Fsp3) is 0.125. The van der Waals surface area contributed by atoms with E-state index in [4.69, 9.17) is 4.74 Å². The third-order valence-electron chi connectivity index (χ3n) is 3.19. The first-order chi connectivity index (χ1) is 10.3. The summed E-state index contributed by atoms with van der Waals surface area (Å²) in [6.45, 7) is 0. The number of nitrogens with zero attached hydrogens (tertiary/aromatic N) is 2. The molecular formula is C16H14IN3O. The Morgan fingerprint density at radius 2 is 1.76 bits per heavy atom. The van der Waals surface area contributed by atoms with Crippen molar-refractivity contribution >= 4 is 34.0 Å². The van der Waals surface area contributed by atoms with Crippen molar-refractivity contribution in [3.63, 3.8) is 0 Å². The largest absolute Gasteiger partial charge is 0.497 e. The molecule has 0 saturated carbocycles. The molecule has 1 aromatic carbocycles. The summed E-state index contributed by atoms with van der Waals surface area (Å²) in [7, 11) is 1.67. The molecule has 4 nitrogen and oxygen atoms in total. The summed E-state index contributed by atoms with van der Waals surface area (Å²) in [5.74, 6) is 0.851. The molecule has 0 fully saturated rings. The normalized spacial score (nSPS) is 17.5. The van der Waals surface area contributed by atoms with E-state index in [1.54, 1.807) is 19.5 Å². The molecule has 0 spiro atoms. The molecule has 1 unspecified atom stereocenters. The van der Waals surface area contributed by atoms with E-state index in [1.807, 2.05) is 36.4 Å². The van der Waals surface area contributed by atoms with E-state index >= 15 is 0 Å². The molecular weight excluding hydrogens is 377 g/mol. The molecule has 106 valence electrons. The Bertz CT molecular complexity index is 680. The van der Waals surface area contributed by atoms with Crippen LogP contribution in [0.1, 0.15) is 11.1 Å². The molecule has 5 heteroatoms. The third-order valence-corrected chi connectivity index (χ3v) is 3.78. The van der Waals surface area contributed by atoms with Crippen molar-refractivity contribution in [2.24, 2.45) is 4.99 Å². The lowest BCUT2D eigenvalue weighted by Gasteiger charge is -2.20. The first kappa shape index (κ1) is 14.1. The summed E-state index contributed by atoms with van der Waals surface area (Å²) < 4.78 is 5.20. The van der Waals surface area contributed by atoms with Gasteiger partial charge in [0.05, 0.1) is 12.8 Å². The van der Waals surface area contributed by atoms with Gasteiger partial charge in [-0.05, 0) is 70.6 Å². The van der Waals surface area contributed by atoms with Crippen molar-refractivity contribution in [1.82, 2.24) is 10.3 Å². The quantitative estimate of drug-likeness (QED) is 0.497. The maximum atomic E-state index is 5.20. The lowest BCUT2D eigenvalue weighted by atomic mass is 10.1. The second kappa shape index (κ2) is 6.26. The monoisotopic (exact) mass is 391 g/mol. The van der Waals surface area contributed by atoms with Crippen molar-refractivity contribution in [3.05, 3.63) is 66.0 Å².